The van der Waals surface area contributed by atoms with Crippen LogP contribution < -0.4 is 5.56 Å². The van der Waals surface area contributed by atoms with Crippen LogP contribution in [0.2, 0.25) is 0 Å². The van der Waals surface area contributed by atoms with E-state index in [1.54, 1.807) is 25.1 Å². The molecule has 1 aromatic heterocycles. The number of hydrogen-bond acceptors (Lipinski definition) is 5. The topological polar surface area (TPSA) is 86.1 Å². The molecule has 1 aliphatic carbocycles. The number of carbonyl (C=O) groups excluding carboxylic acids is 3. The first kappa shape index (κ1) is 19.9. The van der Waals surface area contributed by atoms with Gasteiger partial charge in [-0.25, -0.2) is 4.98 Å². The summed E-state index contributed by atoms with van der Waals surface area (Å²) in [5.41, 5.74) is 1.65. The maximum absolute atomic E-state index is 13.4. The molecule has 0 N–H and O–H groups in total. The van der Waals surface area contributed by atoms with Crippen LogP contribution in [-0.2, 0) is 16.0 Å². The molecule has 1 atom stereocenters. The van der Waals surface area contributed by atoms with Crippen LogP contribution in [0.15, 0.2) is 53.3 Å². The number of aromatic nitrogens is 2. The van der Waals surface area contributed by atoms with Gasteiger partial charge < -0.3 is 0 Å². The van der Waals surface area contributed by atoms with E-state index in [4.69, 9.17) is 0 Å². The number of rotatable bonds is 5. The van der Waals surface area contributed by atoms with E-state index in [1.807, 2.05) is 30.3 Å². The Balaban J connectivity index is 1.71. The number of fused-ring (bicyclic) bond motifs is 1. The fraction of sp³-hybridized carbons (Fsp3) is 0.292. The lowest BCUT2D eigenvalue weighted by Crippen LogP contribution is -2.36. The standard InChI is InChI=1S/C24H22N2O4/c1-15-25-19-9-5-8-17(10-13-21(28)16-6-3-2-4-7-16)23(19)24(30)26(15)20-12-11-18(27)14-22(20)29/h2-9,20H,10-14H2,1H3. The van der Waals surface area contributed by atoms with Gasteiger partial charge in [-0.05, 0) is 31.4 Å². The van der Waals surface area contributed by atoms with E-state index < -0.39 is 6.04 Å². The highest BCUT2D eigenvalue weighted by Gasteiger charge is 2.31. The second-order valence-electron chi connectivity index (χ2n) is 7.67. The highest BCUT2D eigenvalue weighted by molar-refractivity contribution is 6.03. The third-order valence-corrected chi connectivity index (χ3v) is 5.66. The first-order valence-electron chi connectivity index (χ1n) is 10.1. The summed E-state index contributed by atoms with van der Waals surface area (Å²) in [5, 5.41) is 0.439. The zero-order chi connectivity index (χ0) is 21.3. The summed E-state index contributed by atoms with van der Waals surface area (Å²) in [6, 6.07) is 13.8. The number of carbonyl (C=O) groups is 3. The highest BCUT2D eigenvalue weighted by Crippen LogP contribution is 2.25. The zero-order valence-corrected chi connectivity index (χ0v) is 16.8. The summed E-state index contributed by atoms with van der Waals surface area (Å²) in [4.78, 5) is 54.5. The molecule has 6 nitrogen and oxygen atoms in total. The van der Waals surface area contributed by atoms with Gasteiger partial charge in [0, 0.05) is 18.4 Å². The molecule has 0 bridgehead atoms. The largest absolute Gasteiger partial charge is 0.299 e. The average Bonchev–Trinajstić information content (AvgIpc) is 2.73. The van der Waals surface area contributed by atoms with Gasteiger partial charge in [-0.3, -0.25) is 23.7 Å². The Hall–Kier alpha value is -3.41. The molecule has 1 fully saturated rings. The van der Waals surface area contributed by atoms with Crippen molar-refractivity contribution in [1.82, 2.24) is 9.55 Å². The minimum Gasteiger partial charge on any atom is -0.299 e. The Bertz CT molecular complexity index is 1210. The van der Waals surface area contributed by atoms with Gasteiger partial charge >= 0.3 is 0 Å². The van der Waals surface area contributed by atoms with Crippen molar-refractivity contribution in [3.05, 3.63) is 75.8 Å². The van der Waals surface area contributed by atoms with Crippen molar-refractivity contribution in [1.29, 1.82) is 0 Å². The minimum absolute atomic E-state index is 0.00831. The zero-order valence-electron chi connectivity index (χ0n) is 16.8. The van der Waals surface area contributed by atoms with E-state index in [0.717, 1.165) is 5.56 Å². The monoisotopic (exact) mass is 402 g/mol. The smallest absolute Gasteiger partial charge is 0.262 e. The molecule has 0 aliphatic heterocycles. The molecule has 2 aromatic carbocycles. The predicted octanol–water partition coefficient (Wildman–Crippen LogP) is 3.38. The molecule has 0 spiro atoms. The van der Waals surface area contributed by atoms with Crippen molar-refractivity contribution >= 4 is 28.3 Å². The van der Waals surface area contributed by atoms with Gasteiger partial charge in [0.1, 0.15) is 11.6 Å². The number of nitrogens with zero attached hydrogens (tertiary/aromatic N) is 2. The fourth-order valence-corrected chi connectivity index (χ4v) is 4.15. The quantitative estimate of drug-likeness (QED) is 0.482. The maximum atomic E-state index is 13.4. The first-order chi connectivity index (χ1) is 14.5. The number of benzene rings is 2. The Morgan fingerprint density at radius 2 is 1.83 bits per heavy atom. The number of ketones is 3. The molecule has 152 valence electrons. The Morgan fingerprint density at radius 1 is 1.07 bits per heavy atom. The Kier molecular flexibility index (Phi) is 5.40. The molecule has 3 aromatic rings. The van der Waals surface area contributed by atoms with Crippen molar-refractivity contribution in [2.75, 3.05) is 0 Å². The van der Waals surface area contributed by atoms with Gasteiger partial charge in [-0.2, -0.15) is 0 Å². The summed E-state index contributed by atoms with van der Waals surface area (Å²) >= 11 is 0. The van der Waals surface area contributed by atoms with Crippen LogP contribution in [0.5, 0.6) is 0 Å². The van der Waals surface area contributed by atoms with Crippen molar-refractivity contribution in [3.63, 3.8) is 0 Å². The van der Waals surface area contributed by atoms with E-state index in [-0.39, 0.29) is 42.2 Å². The second kappa shape index (κ2) is 8.14. The fourth-order valence-electron chi connectivity index (χ4n) is 4.15. The van der Waals surface area contributed by atoms with E-state index >= 15 is 0 Å². The van der Waals surface area contributed by atoms with Crippen LogP contribution in [0.4, 0.5) is 0 Å². The van der Waals surface area contributed by atoms with E-state index in [9.17, 15) is 19.2 Å². The first-order valence-corrected chi connectivity index (χ1v) is 10.1. The van der Waals surface area contributed by atoms with Crippen LogP contribution in [0.1, 0.15) is 53.5 Å². The molecule has 1 unspecified atom stereocenters. The van der Waals surface area contributed by atoms with Crippen LogP contribution in [0.3, 0.4) is 0 Å². The SMILES string of the molecule is Cc1nc2cccc(CCC(=O)c3ccccc3)c2c(=O)n1C1CCC(=O)CC1=O. The number of aryl methyl sites for hydroxylation is 2. The van der Waals surface area contributed by atoms with Gasteiger partial charge in [-0.1, -0.05) is 42.5 Å². The number of hydrogen-bond donors (Lipinski definition) is 0. The van der Waals surface area contributed by atoms with Crippen LogP contribution >= 0.6 is 0 Å². The van der Waals surface area contributed by atoms with Gasteiger partial charge in [-0.15, -0.1) is 0 Å². The number of Topliss-reactive ketones (excluding diaryl/α,β-unsaturated/α-hetero) is 3. The molecule has 1 aliphatic rings. The molecule has 1 heterocycles. The van der Waals surface area contributed by atoms with Crippen molar-refractivity contribution in [2.24, 2.45) is 0 Å². The molecule has 0 saturated heterocycles. The molecule has 0 radical (unpaired) electrons. The van der Waals surface area contributed by atoms with E-state index in [0.29, 0.717) is 35.1 Å². The highest BCUT2D eigenvalue weighted by atomic mass is 16.2. The van der Waals surface area contributed by atoms with E-state index in [2.05, 4.69) is 4.98 Å². The second-order valence-corrected chi connectivity index (χ2v) is 7.67. The molecule has 1 saturated carbocycles. The van der Waals surface area contributed by atoms with Gasteiger partial charge in [0.2, 0.25) is 0 Å². The Labute approximate surface area is 173 Å². The van der Waals surface area contributed by atoms with Crippen molar-refractivity contribution in [3.8, 4) is 0 Å². The van der Waals surface area contributed by atoms with Crippen molar-refractivity contribution in [2.45, 2.75) is 45.1 Å². The molecular formula is C24H22N2O4. The molecular weight excluding hydrogens is 380 g/mol. The normalized spacial score (nSPS) is 16.8. The lowest BCUT2D eigenvalue weighted by atomic mass is 9.92. The summed E-state index contributed by atoms with van der Waals surface area (Å²) in [6.45, 7) is 1.70. The van der Waals surface area contributed by atoms with Crippen molar-refractivity contribution < 1.29 is 14.4 Å². The molecule has 6 heteroatoms. The summed E-state index contributed by atoms with van der Waals surface area (Å²) in [7, 11) is 0. The third kappa shape index (κ3) is 3.73. The predicted molar refractivity (Wildman–Crippen MR) is 113 cm³/mol. The maximum Gasteiger partial charge on any atom is 0.262 e. The Morgan fingerprint density at radius 3 is 2.57 bits per heavy atom. The third-order valence-electron chi connectivity index (χ3n) is 5.66. The summed E-state index contributed by atoms with van der Waals surface area (Å²) < 4.78 is 1.43. The van der Waals surface area contributed by atoms with Crippen LogP contribution in [0.25, 0.3) is 10.9 Å². The van der Waals surface area contributed by atoms with Crippen LogP contribution in [0, 0.1) is 6.92 Å². The van der Waals surface area contributed by atoms with Crippen LogP contribution in [-0.4, -0.2) is 26.9 Å². The average molecular weight is 402 g/mol. The molecule has 0 amide bonds. The van der Waals surface area contributed by atoms with Gasteiger partial charge in [0.05, 0.1) is 23.4 Å². The van der Waals surface area contributed by atoms with E-state index in [1.165, 1.54) is 4.57 Å². The molecule has 30 heavy (non-hydrogen) atoms. The van der Waals surface area contributed by atoms with Gasteiger partial charge in [0.25, 0.3) is 5.56 Å². The van der Waals surface area contributed by atoms with Gasteiger partial charge in [0.15, 0.2) is 11.6 Å². The molecule has 4 rings (SSSR count). The summed E-state index contributed by atoms with van der Waals surface area (Å²) in [6.07, 6.45) is 1.14. The minimum atomic E-state index is -0.661. The summed E-state index contributed by atoms with van der Waals surface area (Å²) in [5.74, 6) is 0.136. The lowest BCUT2D eigenvalue weighted by molar-refractivity contribution is -0.132. The lowest BCUT2D eigenvalue weighted by Gasteiger charge is -2.24.